The van der Waals surface area contributed by atoms with E-state index in [1.165, 1.54) is 11.0 Å². The van der Waals surface area contributed by atoms with E-state index in [1.54, 1.807) is 32.0 Å². The highest BCUT2D eigenvalue weighted by molar-refractivity contribution is 7.81. The van der Waals surface area contributed by atoms with Gasteiger partial charge in [0.1, 0.15) is 5.50 Å². The van der Waals surface area contributed by atoms with E-state index >= 15 is 0 Å². The number of piperidine rings is 1. The molecule has 0 aromatic heterocycles. The molecule has 3 saturated heterocycles. The molecule has 4 atom stereocenters. The predicted molar refractivity (Wildman–Crippen MR) is 207 cm³/mol. The molecule has 56 heavy (non-hydrogen) atoms. The van der Waals surface area contributed by atoms with E-state index in [1.807, 2.05) is 17.0 Å². The molecular weight excluding hydrogens is 748 g/mol. The number of imide groups is 1. The molecule has 1 saturated carbocycles. The van der Waals surface area contributed by atoms with E-state index in [2.05, 4.69) is 34.3 Å². The Morgan fingerprint density at radius 1 is 1.02 bits per heavy atom. The van der Waals surface area contributed by atoms with Gasteiger partial charge in [-0.1, -0.05) is 12.1 Å². The summed E-state index contributed by atoms with van der Waals surface area (Å²) in [6, 6.07) is 12.4. The minimum atomic E-state index is -4.74. The molecule has 16 heteroatoms. The number of thiol groups is 1. The van der Waals surface area contributed by atoms with Crippen LogP contribution in [0, 0.1) is 11.3 Å². The number of nitrogens with zero attached hydrogens (tertiary/aromatic N) is 5. The summed E-state index contributed by atoms with van der Waals surface area (Å²) in [6.45, 7) is 10.9. The number of amides is 4. The summed E-state index contributed by atoms with van der Waals surface area (Å²) in [5.41, 5.74) is -1.85. The predicted octanol–water partition coefficient (Wildman–Crippen LogP) is 5.10. The molecule has 4 amide bonds. The van der Waals surface area contributed by atoms with Crippen molar-refractivity contribution in [1.82, 2.24) is 20.0 Å². The topological polar surface area (TPSA) is 138 Å². The smallest absolute Gasteiger partial charge is 0.377 e. The molecule has 4 fully saturated rings. The van der Waals surface area contributed by atoms with E-state index < -0.39 is 28.3 Å². The van der Waals surface area contributed by atoms with Gasteiger partial charge in [-0.05, 0) is 95.7 Å². The SMILES string of the molecule is C[C@@H]1CN(CCOC2CCC(N3C(S)N(c4ccc(C#N)c(C(F)(F)F)c4)C(=O)C3(C)C)CC2)C[C@H](C)N1CC(=O)Nc1ccc(C2CCC(=O)NC2=O)cc1. The van der Waals surface area contributed by atoms with Crippen molar-refractivity contribution in [2.24, 2.45) is 0 Å². The Morgan fingerprint density at radius 2 is 1.68 bits per heavy atom. The Balaban J connectivity index is 0.941. The van der Waals surface area contributed by atoms with Crippen molar-refractivity contribution in [2.75, 3.05) is 43.0 Å². The maximum absolute atomic E-state index is 13.7. The average molecular weight is 798 g/mol. The Morgan fingerprint density at radius 3 is 2.29 bits per heavy atom. The summed E-state index contributed by atoms with van der Waals surface area (Å²) in [7, 11) is 0. The molecular formula is C40H50F3N7O5S. The van der Waals surface area contributed by atoms with E-state index in [9.17, 15) is 37.6 Å². The third-order valence-corrected chi connectivity index (χ3v) is 12.2. The number of nitriles is 1. The van der Waals surface area contributed by atoms with Gasteiger partial charge in [-0.25, -0.2) is 0 Å². The van der Waals surface area contributed by atoms with Crippen molar-refractivity contribution in [2.45, 2.75) is 114 Å². The van der Waals surface area contributed by atoms with Crippen LogP contribution in [0.15, 0.2) is 42.5 Å². The van der Waals surface area contributed by atoms with Gasteiger partial charge in [0.25, 0.3) is 0 Å². The fourth-order valence-electron chi connectivity index (χ4n) is 8.81. The van der Waals surface area contributed by atoms with Crippen LogP contribution in [0.3, 0.4) is 0 Å². The molecule has 6 rings (SSSR count). The number of benzene rings is 2. The Labute approximate surface area is 331 Å². The van der Waals surface area contributed by atoms with E-state index in [-0.39, 0.29) is 66.0 Å². The fourth-order valence-corrected chi connectivity index (χ4v) is 9.52. The van der Waals surface area contributed by atoms with Crippen LogP contribution in [0.25, 0.3) is 0 Å². The van der Waals surface area contributed by atoms with Crippen molar-refractivity contribution in [3.63, 3.8) is 0 Å². The highest BCUT2D eigenvalue weighted by atomic mass is 32.1. The number of ether oxygens (including phenoxy) is 1. The number of nitrogens with one attached hydrogen (secondary N) is 2. The lowest BCUT2D eigenvalue weighted by molar-refractivity contribution is -0.138. The number of alkyl halides is 3. The number of hydrogen-bond donors (Lipinski definition) is 3. The largest absolute Gasteiger partial charge is 0.417 e. The van der Waals surface area contributed by atoms with Crippen molar-refractivity contribution in [3.8, 4) is 6.07 Å². The second-order valence-corrected chi connectivity index (χ2v) is 16.4. The normalized spacial score (nSPS) is 27.9. The number of piperazine rings is 1. The van der Waals surface area contributed by atoms with Crippen molar-refractivity contribution in [3.05, 3.63) is 59.2 Å². The lowest BCUT2D eigenvalue weighted by atomic mass is 9.89. The summed E-state index contributed by atoms with van der Waals surface area (Å²) in [5.74, 6) is -1.39. The first kappa shape index (κ1) is 41.6. The zero-order chi connectivity index (χ0) is 40.5. The number of rotatable bonds is 10. The summed E-state index contributed by atoms with van der Waals surface area (Å²) in [4.78, 5) is 58.2. The van der Waals surface area contributed by atoms with Crippen LogP contribution in [-0.2, 0) is 30.1 Å². The Hall–Kier alpha value is -4.01. The molecule has 2 unspecified atom stereocenters. The van der Waals surface area contributed by atoms with Crippen LogP contribution < -0.4 is 15.5 Å². The van der Waals surface area contributed by atoms with Crippen LogP contribution in [0.1, 0.15) is 88.8 Å². The van der Waals surface area contributed by atoms with Gasteiger partial charge in [0.05, 0.1) is 47.9 Å². The van der Waals surface area contributed by atoms with Gasteiger partial charge in [-0.2, -0.15) is 18.4 Å². The molecule has 2 N–H and O–H groups in total. The third kappa shape index (κ3) is 8.92. The maximum Gasteiger partial charge on any atom is 0.417 e. The van der Waals surface area contributed by atoms with Gasteiger partial charge < -0.3 is 10.1 Å². The Bertz CT molecular complexity index is 1830. The lowest BCUT2D eigenvalue weighted by Crippen LogP contribution is -2.58. The molecule has 0 radical (unpaired) electrons. The second kappa shape index (κ2) is 16.8. The van der Waals surface area contributed by atoms with Gasteiger partial charge >= 0.3 is 6.18 Å². The molecule has 1 aliphatic carbocycles. The van der Waals surface area contributed by atoms with Gasteiger partial charge in [0.2, 0.25) is 23.6 Å². The van der Waals surface area contributed by atoms with Crippen LogP contribution in [-0.4, -0.2) is 106 Å². The monoisotopic (exact) mass is 797 g/mol. The first-order valence-electron chi connectivity index (χ1n) is 19.2. The number of anilines is 2. The van der Waals surface area contributed by atoms with Crippen molar-refractivity contribution >= 4 is 47.6 Å². The van der Waals surface area contributed by atoms with Crippen LogP contribution >= 0.6 is 12.6 Å². The van der Waals surface area contributed by atoms with Crippen LogP contribution in [0.4, 0.5) is 24.5 Å². The van der Waals surface area contributed by atoms with Crippen molar-refractivity contribution < 1.29 is 37.1 Å². The lowest BCUT2D eigenvalue weighted by Gasteiger charge is -2.44. The molecule has 0 spiro atoms. The van der Waals surface area contributed by atoms with E-state index in [0.29, 0.717) is 25.1 Å². The van der Waals surface area contributed by atoms with Gasteiger partial charge in [-0.15, -0.1) is 12.6 Å². The number of hydrogen-bond acceptors (Lipinski definition) is 10. The van der Waals surface area contributed by atoms with E-state index in [4.69, 9.17) is 17.4 Å². The maximum atomic E-state index is 13.7. The molecule has 3 heterocycles. The molecule has 3 aliphatic heterocycles. The number of halogens is 3. The highest BCUT2D eigenvalue weighted by Gasteiger charge is 2.54. The van der Waals surface area contributed by atoms with Crippen LogP contribution in [0.5, 0.6) is 0 Å². The fraction of sp³-hybridized carbons (Fsp3) is 0.575. The molecule has 2 aromatic carbocycles. The molecule has 0 bridgehead atoms. The molecule has 12 nitrogen and oxygen atoms in total. The standard InChI is InChI=1S/C40H50F3N7O5S/c1-24-21-47(22-25(2)48(24)23-35(52)45-28-8-5-26(6-9-28)32-15-16-34(51)46-36(32)53)17-18-55-31-13-11-29(12-14-31)50-38(56)49(37(54)39(50,3)4)30-10-7-27(20-44)33(19-30)40(41,42)43/h5-10,19,24-25,29,31-32,38,56H,11-18,21-23H2,1-4H3,(H,45,52)(H,46,51,53)/t24-,25+,29?,31?,32?,38?. The highest BCUT2D eigenvalue weighted by Crippen LogP contribution is 2.43. The first-order chi connectivity index (χ1) is 26.5. The first-order valence-corrected chi connectivity index (χ1v) is 19.7. The summed E-state index contributed by atoms with van der Waals surface area (Å²) in [6.07, 6.45) is -0.886. The minimum Gasteiger partial charge on any atom is -0.377 e. The summed E-state index contributed by atoms with van der Waals surface area (Å²) >= 11 is 4.76. The third-order valence-electron chi connectivity index (χ3n) is 11.7. The Kier molecular flexibility index (Phi) is 12.5. The molecule has 4 aliphatic rings. The average Bonchev–Trinajstić information content (AvgIpc) is 3.32. The number of carbonyl (C=O) groups is 4. The number of carbonyl (C=O) groups excluding carboxylic acids is 4. The van der Waals surface area contributed by atoms with Gasteiger partial charge in [0.15, 0.2) is 0 Å². The summed E-state index contributed by atoms with van der Waals surface area (Å²) in [5, 5.41) is 14.6. The van der Waals surface area contributed by atoms with Gasteiger partial charge in [-0.3, -0.25) is 44.1 Å². The van der Waals surface area contributed by atoms with E-state index in [0.717, 1.165) is 63.0 Å². The van der Waals surface area contributed by atoms with Crippen LogP contribution in [0.2, 0.25) is 0 Å². The zero-order valence-electron chi connectivity index (χ0n) is 32.1. The summed E-state index contributed by atoms with van der Waals surface area (Å²) < 4.78 is 47.5. The second-order valence-electron chi connectivity index (χ2n) is 15.9. The van der Waals surface area contributed by atoms with Gasteiger partial charge in [0, 0.05) is 55.6 Å². The molecule has 302 valence electrons. The quantitative estimate of drug-likeness (QED) is 0.222. The zero-order valence-corrected chi connectivity index (χ0v) is 33.0. The minimum absolute atomic E-state index is 0.0223. The molecule has 2 aromatic rings. The van der Waals surface area contributed by atoms with Crippen molar-refractivity contribution in [1.29, 1.82) is 5.26 Å².